The summed E-state index contributed by atoms with van der Waals surface area (Å²) in [4.78, 5) is 0. The Labute approximate surface area is 101 Å². The van der Waals surface area contributed by atoms with Crippen LogP contribution in [0.1, 0.15) is 26.0 Å². The molecule has 1 aromatic rings. The first kappa shape index (κ1) is 14.2. The Bertz CT molecular complexity index is 453. The first-order valence-electron chi connectivity index (χ1n) is 5.32. The lowest BCUT2D eigenvalue weighted by molar-refractivity contribution is 0.169. The largest absolute Gasteiger partial charge is 0.447 e. The summed E-state index contributed by atoms with van der Waals surface area (Å²) in [7, 11) is -3.77. The number of furan rings is 1. The maximum atomic E-state index is 11.0. The highest BCUT2D eigenvalue weighted by molar-refractivity contribution is 7.89. The first-order chi connectivity index (χ1) is 7.79. The van der Waals surface area contributed by atoms with Crippen molar-refractivity contribution in [3.63, 3.8) is 0 Å². The van der Waals surface area contributed by atoms with Crippen LogP contribution >= 0.6 is 0 Å². The van der Waals surface area contributed by atoms with Crippen LogP contribution < -0.4 is 10.5 Å². The molecule has 4 N–H and O–H groups in total. The molecule has 0 saturated carbocycles. The van der Waals surface area contributed by atoms with Crippen molar-refractivity contribution in [2.45, 2.75) is 44.1 Å². The molecule has 0 spiro atoms. The van der Waals surface area contributed by atoms with Crippen LogP contribution in [0.25, 0.3) is 0 Å². The van der Waals surface area contributed by atoms with Gasteiger partial charge in [-0.2, -0.15) is 0 Å². The zero-order chi connectivity index (χ0) is 13.1. The number of aliphatic hydroxyl groups excluding tert-OH is 1. The number of nitrogens with one attached hydrogen (secondary N) is 1. The van der Waals surface area contributed by atoms with Crippen molar-refractivity contribution in [1.29, 1.82) is 0 Å². The van der Waals surface area contributed by atoms with E-state index in [2.05, 4.69) is 5.32 Å². The van der Waals surface area contributed by atoms with Gasteiger partial charge in [-0.25, -0.2) is 13.6 Å². The Kier molecular flexibility index (Phi) is 4.70. The quantitative estimate of drug-likeness (QED) is 0.678. The minimum atomic E-state index is -3.77. The zero-order valence-electron chi connectivity index (χ0n) is 9.88. The lowest BCUT2D eigenvalue weighted by atomic mass is 10.1. The van der Waals surface area contributed by atoms with E-state index in [1.807, 2.05) is 6.92 Å². The molecular formula is C10H18N2O4S. The van der Waals surface area contributed by atoms with E-state index in [0.717, 1.165) is 0 Å². The maximum Gasteiger partial charge on any atom is 0.271 e. The highest BCUT2D eigenvalue weighted by Crippen LogP contribution is 2.12. The van der Waals surface area contributed by atoms with Crippen LogP contribution in [0, 0.1) is 0 Å². The smallest absolute Gasteiger partial charge is 0.271 e. The Morgan fingerprint density at radius 1 is 1.47 bits per heavy atom. The van der Waals surface area contributed by atoms with Crippen molar-refractivity contribution in [1.82, 2.24) is 5.32 Å². The van der Waals surface area contributed by atoms with Crippen LogP contribution in [0.15, 0.2) is 21.6 Å². The van der Waals surface area contributed by atoms with E-state index >= 15 is 0 Å². The molecule has 17 heavy (non-hydrogen) atoms. The minimum absolute atomic E-state index is 0.109. The Morgan fingerprint density at radius 3 is 2.59 bits per heavy atom. The molecule has 2 unspecified atom stereocenters. The van der Waals surface area contributed by atoms with E-state index in [0.29, 0.717) is 18.7 Å². The van der Waals surface area contributed by atoms with Gasteiger partial charge in [-0.3, -0.25) is 0 Å². The molecule has 1 aromatic heterocycles. The minimum Gasteiger partial charge on any atom is -0.447 e. The summed E-state index contributed by atoms with van der Waals surface area (Å²) in [5.41, 5.74) is 0. The molecule has 0 aliphatic carbocycles. The normalized spacial score (nSPS) is 15.8. The lowest BCUT2D eigenvalue weighted by Crippen LogP contribution is -2.28. The summed E-state index contributed by atoms with van der Waals surface area (Å²) in [5, 5.41) is 17.0. The van der Waals surface area contributed by atoms with Crippen LogP contribution in [0.2, 0.25) is 0 Å². The number of aliphatic hydroxyl groups is 1. The molecule has 6 nitrogen and oxygen atoms in total. The summed E-state index contributed by atoms with van der Waals surface area (Å²) >= 11 is 0. The van der Waals surface area contributed by atoms with Crippen LogP contribution in [-0.4, -0.2) is 25.7 Å². The number of hydrogen-bond acceptors (Lipinski definition) is 5. The van der Waals surface area contributed by atoms with Gasteiger partial charge in [0.2, 0.25) is 5.09 Å². The third-order valence-corrected chi connectivity index (χ3v) is 3.02. The van der Waals surface area contributed by atoms with Crippen LogP contribution in [-0.2, 0) is 16.6 Å². The van der Waals surface area contributed by atoms with Gasteiger partial charge in [0.1, 0.15) is 5.76 Å². The van der Waals surface area contributed by atoms with E-state index in [1.54, 1.807) is 13.0 Å². The topological polar surface area (TPSA) is 106 Å². The van der Waals surface area contributed by atoms with Gasteiger partial charge in [0.15, 0.2) is 0 Å². The Hall–Kier alpha value is -0.890. The Morgan fingerprint density at radius 2 is 2.12 bits per heavy atom. The summed E-state index contributed by atoms with van der Waals surface area (Å²) in [6.45, 7) is 4.03. The maximum absolute atomic E-state index is 11.0. The second-order valence-electron chi connectivity index (χ2n) is 4.13. The van der Waals surface area contributed by atoms with E-state index in [-0.39, 0.29) is 17.2 Å². The van der Waals surface area contributed by atoms with Crippen molar-refractivity contribution in [3.8, 4) is 0 Å². The SMILES string of the molecule is CC(O)CC(C)NCc1ccc(S(N)(=O)=O)o1. The van der Waals surface area contributed by atoms with E-state index in [4.69, 9.17) is 9.56 Å². The highest BCUT2D eigenvalue weighted by atomic mass is 32.2. The number of nitrogens with two attached hydrogens (primary N) is 1. The summed E-state index contributed by atoms with van der Waals surface area (Å²) in [6.07, 6.45) is 0.233. The number of hydrogen-bond donors (Lipinski definition) is 3. The molecule has 0 amide bonds. The molecule has 0 aliphatic rings. The van der Waals surface area contributed by atoms with Gasteiger partial charge in [-0.05, 0) is 32.4 Å². The van der Waals surface area contributed by atoms with Gasteiger partial charge in [0.05, 0.1) is 12.6 Å². The third kappa shape index (κ3) is 4.86. The van der Waals surface area contributed by atoms with Gasteiger partial charge in [-0.1, -0.05) is 0 Å². The first-order valence-corrected chi connectivity index (χ1v) is 6.86. The van der Waals surface area contributed by atoms with Crippen molar-refractivity contribution < 1.29 is 17.9 Å². The number of primary sulfonamides is 1. The fourth-order valence-corrected chi connectivity index (χ4v) is 1.96. The predicted octanol–water partition coefficient (Wildman–Crippen LogP) is 0.176. The molecule has 98 valence electrons. The van der Waals surface area contributed by atoms with Crippen molar-refractivity contribution in [3.05, 3.63) is 17.9 Å². The average molecular weight is 262 g/mol. The van der Waals surface area contributed by atoms with E-state index in [9.17, 15) is 13.5 Å². The molecule has 0 saturated heterocycles. The zero-order valence-corrected chi connectivity index (χ0v) is 10.7. The summed E-state index contributed by atoms with van der Waals surface area (Å²) in [5.74, 6) is 0.492. The molecule has 7 heteroatoms. The van der Waals surface area contributed by atoms with E-state index in [1.165, 1.54) is 6.07 Å². The van der Waals surface area contributed by atoms with Gasteiger partial charge >= 0.3 is 0 Å². The van der Waals surface area contributed by atoms with Crippen molar-refractivity contribution >= 4 is 10.0 Å². The van der Waals surface area contributed by atoms with E-state index < -0.39 is 10.0 Å². The van der Waals surface area contributed by atoms with Gasteiger partial charge in [-0.15, -0.1) is 0 Å². The Balaban J connectivity index is 2.51. The fraction of sp³-hybridized carbons (Fsp3) is 0.600. The number of rotatable bonds is 6. The predicted molar refractivity (Wildman–Crippen MR) is 62.7 cm³/mol. The molecule has 2 atom stereocenters. The molecule has 0 aromatic carbocycles. The molecule has 1 rings (SSSR count). The molecule has 0 bridgehead atoms. The summed E-state index contributed by atoms with van der Waals surface area (Å²) < 4.78 is 27.0. The van der Waals surface area contributed by atoms with Gasteiger partial charge in [0.25, 0.3) is 10.0 Å². The van der Waals surface area contributed by atoms with Crippen molar-refractivity contribution in [2.75, 3.05) is 0 Å². The summed E-state index contributed by atoms with van der Waals surface area (Å²) in [6, 6.07) is 2.99. The third-order valence-electron chi connectivity index (χ3n) is 2.24. The number of sulfonamides is 1. The standard InChI is InChI=1S/C10H18N2O4S/c1-7(5-8(2)13)12-6-9-3-4-10(16-9)17(11,14)15/h3-4,7-8,12-13H,5-6H2,1-2H3,(H2,11,14,15). The average Bonchev–Trinajstić information content (AvgIpc) is 2.61. The molecular weight excluding hydrogens is 244 g/mol. The van der Waals surface area contributed by atoms with Gasteiger partial charge in [0, 0.05) is 6.04 Å². The molecule has 0 radical (unpaired) electrons. The second-order valence-corrected chi connectivity index (χ2v) is 5.62. The molecule has 0 aliphatic heterocycles. The second kappa shape index (κ2) is 5.63. The monoisotopic (exact) mass is 262 g/mol. The molecule has 0 fully saturated rings. The van der Waals surface area contributed by atoms with Crippen molar-refractivity contribution in [2.24, 2.45) is 5.14 Å². The highest BCUT2D eigenvalue weighted by Gasteiger charge is 2.13. The van der Waals surface area contributed by atoms with Gasteiger partial charge < -0.3 is 14.8 Å². The van der Waals surface area contributed by atoms with Crippen LogP contribution in [0.3, 0.4) is 0 Å². The lowest BCUT2D eigenvalue weighted by Gasteiger charge is -2.14. The molecule has 1 heterocycles. The van der Waals surface area contributed by atoms with Crippen LogP contribution in [0.4, 0.5) is 0 Å². The fourth-order valence-electron chi connectivity index (χ4n) is 1.48. The van der Waals surface area contributed by atoms with Crippen LogP contribution in [0.5, 0.6) is 0 Å².